The van der Waals surface area contributed by atoms with Crippen molar-refractivity contribution in [3.63, 3.8) is 0 Å². The first-order valence-electron chi connectivity index (χ1n) is 7.53. The maximum absolute atomic E-state index is 5.87. The van der Waals surface area contributed by atoms with Gasteiger partial charge in [-0.15, -0.1) is 0 Å². The van der Waals surface area contributed by atoms with Gasteiger partial charge in [-0.05, 0) is 42.7 Å². The summed E-state index contributed by atoms with van der Waals surface area (Å²) in [5.74, 6) is 1.29. The van der Waals surface area contributed by atoms with Crippen molar-refractivity contribution in [1.29, 1.82) is 0 Å². The Balaban J connectivity index is 1.78. The molecule has 0 unspecified atom stereocenters. The zero-order valence-electron chi connectivity index (χ0n) is 13.2. The Morgan fingerprint density at radius 3 is 2.55 bits per heavy atom. The lowest BCUT2D eigenvalue weighted by atomic mass is 10.1. The molecule has 22 heavy (non-hydrogen) atoms. The van der Waals surface area contributed by atoms with Crippen LogP contribution in [-0.2, 0) is 6.42 Å². The Labute approximate surface area is 132 Å². The summed E-state index contributed by atoms with van der Waals surface area (Å²) >= 11 is 0. The molecule has 0 aliphatic carbocycles. The molecule has 0 radical (unpaired) electrons. The number of para-hydroxylation sites is 1. The summed E-state index contributed by atoms with van der Waals surface area (Å²) in [6, 6.07) is 16.1. The number of nitrogens with two attached hydrogens (primary N) is 1. The van der Waals surface area contributed by atoms with Crippen molar-refractivity contribution >= 4 is 11.6 Å². The molecule has 0 heterocycles. The molecule has 116 valence electrons. The van der Waals surface area contributed by atoms with E-state index in [-0.39, 0.29) is 0 Å². The minimum absolute atomic E-state index is 0.401. The predicted octanol–water partition coefficient (Wildman–Crippen LogP) is 3.36. The van der Waals surface area contributed by atoms with E-state index in [4.69, 9.17) is 10.5 Å². The number of guanidine groups is 1. The number of aliphatic imine (C=N–C) groups is 1. The van der Waals surface area contributed by atoms with Crippen molar-refractivity contribution in [2.24, 2.45) is 10.7 Å². The highest BCUT2D eigenvalue weighted by atomic mass is 16.5. The van der Waals surface area contributed by atoms with E-state index in [9.17, 15) is 0 Å². The van der Waals surface area contributed by atoms with Gasteiger partial charge in [0, 0.05) is 5.69 Å². The molecule has 0 aromatic heterocycles. The van der Waals surface area contributed by atoms with Crippen molar-refractivity contribution in [2.75, 3.05) is 18.5 Å². The van der Waals surface area contributed by atoms with Crippen LogP contribution in [-0.4, -0.2) is 19.1 Å². The molecule has 0 amide bonds. The number of anilines is 1. The molecule has 2 rings (SSSR count). The third-order valence-electron chi connectivity index (χ3n) is 3.36. The number of aryl methyl sites for hydroxylation is 2. The minimum atomic E-state index is 0.401. The van der Waals surface area contributed by atoms with Gasteiger partial charge in [0.2, 0.25) is 0 Å². The van der Waals surface area contributed by atoms with Gasteiger partial charge in [0.05, 0.1) is 6.54 Å². The second-order valence-corrected chi connectivity index (χ2v) is 5.06. The van der Waals surface area contributed by atoms with Crippen LogP contribution < -0.4 is 15.8 Å². The SMILES string of the molecule is CCc1ccc(NC(N)=NCCOc2ccccc2C)cc1. The van der Waals surface area contributed by atoms with Gasteiger partial charge < -0.3 is 15.8 Å². The minimum Gasteiger partial charge on any atom is -0.491 e. The number of rotatable bonds is 6. The third kappa shape index (κ3) is 4.81. The predicted molar refractivity (Wildman–Crippen MR) is 92.6 cm³/mol. The van der Waals surface area contributed by atoms with Crippen LogP contribution in [0.3, 0.4) is 0 Å². The Bertz CT molecular complexity index is 620. The monoisotopic (exact) mass is 297 g/mol. The summed E-state index contributed by atoms with van der Waals surface area (Å²) in [5.41, 5.74) is 9.23. The van der Waals surface area contributed by atoms with E-state index >= 15 is 0 Å². The number of benzene rings is 2. The maximum atomic E-state index is 5.87. The second-order valence-electron chi connectivity index (χ2n) is 5.06. The number of hydrogen-bond acceptors (Lipinski definition) is 2. The van der Waals surface area contributed by atoms with Gasteiger partial charge in [0.1, 0.15) is 12.4 Å². The summed E-state index contributed by atoms with van der Waals surface area (Å²) < 4.78 is 5.68. The first-order valence-corrected chi connectivity index (χ1v) is 7.53. The Morgan fingerprint density at radius 2 is 1.86 bits per heavy atom. The van der Waals surface area contributed by atoms with E-state index in [1.54, 1.807) is 0 Å². The number of nitrogens with zero attached hydrogens (tertiary/aromatic N) is 1. The lowest BCUT2D eigenvalue weighted by Crippen LogP contribution is -2.23. The van der Waals surface area contributed by atoms with Crippen LogP contribution in [0.5, 0.6) is 5.75 Å². The zero-order valence-corrected chi connectivity index (χ0v) is 13.2. The fourth-order valence-corrected chi connectivity index (χ4v) is 2.05. The molecule has 0 saturated heterocycles. The molecule has 0 atom stereocenters. The topological polar surface area (TPSA) is 59.6 Å². The van der Waals surface area contributed by atoms with Gasteiger partial charge in [-0.25, -0.2) is 4.99 Å². The van der Waals surface area contributed by atoms with E-state index in [0.29, 0.717) is 19.1 Å². The van der Waals surface area contributed by atoms with Crippen LogP contribution in [0.2, 0.25) is 0 Å². The normalized spacial score (nSPS) is 11.3. The summed E-state index contributed by atoms with van der Waals surface area (Å²) in [4.78, 5) is 4.27. The molecular weight excluding hydrogens is 274 g/mol. The van der Waals surface area contributed by atoms with Crippen molar-refractivity contribution in [3.05, 3.63) is 59.7 Å². The Kier molecular flexibility index (Phi) is 5.83. The fraction of sp³-hybridized carbons (Fsp3) is 0.278. The molecule has 3 N–H and O–H groups in total. The molecule has 4 heteroatoms. The molecular formula is C18H23N3O. The molecule has 2 aromatic rings. The van der Waals surface area contributed by atoms with E-state index in [2.05, 4.69) is 29.4 Å². The maximum Gasteiger partial charge on any atom is 0.193 e. The van der Waals surface area contributed by atoms with E-state index in [0.717, 1.165) is 23.4 Å². The molecule has 4 nitrogen and oxygen atoms in total. The molecule has 0 saturated carbocycles. The zero-order chi connectivity index (χ0) is 15.8. The number of ether oxygens (including phenoxy) is 1. The smallest absolute Gasteiger partial charge is 0.193 e. The highest BCUT2D eigenvalue weighted by Gasteiger charge is 1.98. The molecule has 0 spiro atoms. The highest BCUT2D eigenvalue weighted by Crippen LogP contribution is 2.15. The van der Waals surface area contributed by atoms with E-state index in [1.165, 1.54) is 5.56 Å². The number of nitrogens with one attached hydrogen (secondary N) is 1. The summed E-state index contributed by atoms with van der Waals surface area (Å²) in [6.45, 7) is 5.17. The van der Waals surface area contributed by atoms with Gasteiger partial charge in [0.15, 0.2) is 5.96 Å². The van der Waals surface area contributed by atoms with Crippen LogP contribution in [0.1, 0.15) is 18.1 Å². The van der Waals surface area contributed by atoms with Crippen LogP contribution in [0.4, 0.5) is 5.69 Å². The number of hydrogen-bond donors (Lipinski definition) is 2. The van der Waals surface area contributed by atoms with Crippen LogP contribution in [0.15, 0.2) is 53.5 Å². The lowest BCUT2D eigenvalue weighted by molar-refractivity contribution is 0.326. The van der Waals surface area contributed by atoms with Crippen LogP contribution >= 0.6 is 0 Å². The quantitative estimate of drug-likeness (QED) is 0.488. The van der Waals surface area contributed by atoms with Gasteiger partial charge >= 0.3 is 0 Å². The van der Waals surface area contributed by atoms with Crippen LogP contribution in [0, 0.1) is 6.92 Å². The third-order valence-corrected chi connectivity index (χ3v) is 3.36. The second kappa shape index (κ2) is 8.08. The largest absolute Gasteiger partial charge is 0.491 e. The summed E-state index contributed by atoms with van der Waals surface area (Å²) in [5, 5.41) is 3.08. The van der Waals surface area contributed by atoms with Gasteiger partial charge in [-0.3, -0.25) is 0 Å². The highest BCUT2D eigenvalue weighted by molar-refractivity contribution is 5.92. The van der Waals surface area contributed by atoms with Gasteiger partial charge in [0.25, 0.3) is 0 Å². The Hall–Kier alpha value is -2.49. The average molecular weight is 297 g/mol. The van der Waals surface area contributed by atoms with Crippen molar-refractivity contribution in [2.45, 2.75) is 20.3 Å². The summed E-state index contributed by atoms with van der Waals surface area (Å²) in [7, 11) is 0. The standard InChI is InChI=1S/C18H23N3O/c1-3-15-8-10-16(11-9-15)21-18(19)20-12-13-22-17-7-5-4-6-14(17)2/h4-11H,3,12-13H2,1-2H3,(H3,19,20,21). The molecule has 2 aromatic carbocycles. The molecule has 0 bridgehead atoms. The molecule has 0 aliphatic heterocycles. The Morgan fingerprint density at radius 1 is 1.14 bits per heavy atom. The fourth-order valence-electron chi connectivity index (χ4n) is 2.05. The average Bonchev–Trinajstić information content (AvgIpc) is 2.54. The van der Waals surface area contributed by atoms with Gasteiger partial charge in [-0.2, -0.15) is 0 Å². The molecule has 0 fully saturated rings. The molecule has 0 aliphatic rings. The van der Waals surface area contributed by atoms with Crippen molar-refractivity contribution < 1.29 is 4.74 Å². The van der Waals surface area contributed by atoms with Crippen molar-refractivity contribution in [3.8, 4) is 5.75 Å². The van der Waals surface area contributed by atoms with E-state index < -0.39 is 0 Å². The lowest BCUT2D eigenvalue weighted by Gasteiger charge is -2.08. The first kappa shape index (κ1) is 15.9. The van der Waals surface area contributed by atoms with Crippen LogP contribution in [0.25, 0.3) is 0 Å². The van der Waals surface area contributed by atoms with Gasteiger partial charge in [-0.1, -0.05) is 37.3 Å². The first-order chi connectivity index (χ1) is 10.7. The summed E-state index contributed by atoms with van der Waals surface area (Å²) in [6.07, 6.45) is 1.03. The van der Waals surface area contributed by atoms with E-state index in [1.807, 2.05) is 43.3 Å². The van der Waals surface area contributed by atoms with Crippen molar-refractivity contribution in [1.82, 2.24) is 0 Å².